The molecule has 0 bridgehead atoms. The average Bonchev–Trinajstić information content (AvgIpc) is 2.48. The van der Waals surface area contributed by atoms with Gasteiger partial charge in [0.1, 0.15) is 11.6 Å². The first-order valence-corrected chi connectivity index (χ1v) is 7.27. The molecule has 0 aromatic carbocycles. The minimum Gasteiger partial charge on any atom is -0.382 e. The van der Waals surface area contributed by atoms with Crippen molar-refractivity contribution in [3.63, 3.8) is 0 Å². The number of carbonyl (C=O) groups excluding carboxylic acids is 1. The molecular formula is C14H24ClN5O. The summed E-state index contributed by atoms with van der Waals surface area (Å²) in [5.41, 5.74) is 5.68. The van der Waals surface area contributed by atoms with Crippen molar-refractivity contribution in [2.75, 3.05) is 36.8 Å². The van der Waals surface area contributed by atoms with E-state index in [1.165, 1.54) is 6.20 Å². The van der Waals surface area contributed by atoms with Gasteiger partial charge in [0.2, 0.25) is 5.91 Å². The van der Waals surface area contributed by atoms with Gasteiger partial charge in [-0.1, -0.05) is 0 Å². The van der Waals surface area contributed by atoms with Gasteiger partial charge in [0.15, 0.2) is 0 Å². The monoisotopic (exact) mass is 313 g/mol. The number of rotatable bonds is 4. The van der Waals surface area contributed by atoms with E-state index >= 15 is 0 Å². The molecule has 0 saturated carbocycles. The number of nitrogen functional groups attached to an aromatic ring is 1. The van der Waals surface area contributed by atoms with E-state index in [1.54, 1.807) is 6.20 Å². The Morgan fingerprint density at radius 1 is 1.43 bits per heavy atom. The quantitative estimate of drug-likeness (QED) is 0.913. The van der Waals surface area contributed by atoms with E-state index in [9.17, 15) is 4.79 Å². The lowest BCUT2D eigenvalue weighted by atomic mass is 9.96. The molecule has 0 radical (unpaired) electrons. The second-order valence-corrected chi connectivity index (χ2v) is 5.10. The van der Waals surface area contributed by atoms with E-state index in [4.69, 9.17) is 5.73 Å². The first kappa shape index (κ1) is 17.5. The third kappa shape index (κ3) is 4.20. The van der Waals surface area contributed by atoms with Gasteiger partial charge in [0, 0.05) is 26.2 Å². The van der Waals surface area contributed by atoms with Crippen molar-refractivity contribution in [1.82, 2.24) is 14.9 Å². The standard InChI is InChI=1S/C14H23N5O.ClH/c1-3-18(4-2)14(20)11-6-5-7-19(10-11)13-9-16-8-12(15)17-13;/h8-9,11H,3-7,10H2,1-2H3,(H2,15,17);1H. The molecule has 0 spiro atoms. The molecule has 1 aliphatic heterocycles. The number of nitrogens with two attached hydrogens (primary N) is 1. The van der Waals surface area contributed by atoms with Crippen LogP contribution in [0.15, 0.2) is 12.4 Å². The van der Waals surface area contributed by atoms with Crippen LogP contribution in [0.5, 0.6) is 0 Å². The Balaban J connectivity index is 0.00000220. The Hall–Kier alpha value is -1.56. The maximum atomic E-state index is 12.4. The molecule has 2 N–H and O–H groups in total. The second kappa shape index (κ2) is 8.02. The lowest BCUT2D eigenvalue weighted by molar-refractivity contribution is -0.135. The van der Waals surface area contributed by atoms with Crippen LogP contribution in [0.2, 0.25) is 0 Å². The highest BCUT2D eigenvalue weighted by Gasteiger charge is 2.28. The SMILES string of the molecule is CCN(CC)C(=O)C1CCCN(c2cncc(N)n2)C1.Cl. The molecule has 0 aliphatic carbocycles. The number of halogens is 1. The summed E-state index contributed by atoms with van der Waals surface area (Å²) < 4.78 is 0. The van der Waals surface area contributed by atoms with Crippen molar-refractivity contribution in [2.45, 2.75) is 26.7 Å². The lowest BCUT2D eigenvalue weighted by Gasteiger charge is -2.35. The molecule has 1 aliphatic rings. The minimum absolute atomic E-state index is 0. The molecule has 1 atom stereocenters. The number of piperidine rings is 1. The van der Waals surface area contributed by atoms with Gasteiger partial charge in [-0.3, -0.25) is 9.78 Å². The van der Waals surface area contributed by atoms with Crippen molar-refractivity contribution in [1.29, 1.82) is 0 Å². The Morgan fingerprint density at radius 3 is 2.76 bits per heavy atom. The van der Waals surface area contributed by atoms with E-state index in [2.05, 4.69) is 14.9 Å². The highest BCUT2D eigenvalue weighted by Crippen LogP contribution is 2.23. The predicted octanol–water partition coefficient (Wildman–Crippen LogP) is 1.57. The largest absolute Gasteiger partial charge is 0.382 e. The second-order valence-electron chi connectivity index (χ2n) is 5.10. The molecular weight excluding hydrogens is 290 g/mol. The molecule has 118 valence electrons. The van der Waals surface area contributed by atoms with Crippen LogP contribution in [0.3, 0.4) is 0 Å². The maximum absolute atomic E-state index is 12.4. The minimum atomic E-state index is 0. The number of hydrogen-bond donors (Lipinski definition) is 1. The van der Waals surface area contributed by atoms with E-state index in [-0.39, 0.29) is 24.2 Å². The number of anilines is 2. The van der Waals surface area contributed by atoms with Gasteiger partial charge in [-0.05, 0) is 26.7 Å². The van der Waals surface area contributed by atoms with Crippen LogP contribution in [0, 0.1) is 5.92 Å². The van der Waals surface area contributed by atoms with Crippen molar-refractivity contribution < 1.29 is 4.79 Å². The van der Waals surface area contributed by atoms with Gasteiger partial charge in [-0.25, -0.2) is 4.98 Å². The van der Waals surface area contributed by atoms with E-state index in [0.29, 0.717) is 12.4 Å². The number of carbonyl (C=O) groups is 1. The number of aromatic nitrogens is 2. The highest BCUT2D eigenvalue weighted by molar-refractivity contribution is 5.85. The van der Waals surface area contributed by atoms with Gasteiger partial charge in [0.25, 0.3) is 0 Å². The molecule has 1 fully saturated rings. The molecule has 7 heteroatoms. The smallest absolute Gasteiger partial charge is 0.227 e. The van der Waals surface area contributed by atoms with Crippen molar-refractivity contribution in [2.24, 2.45) is 5.92 Å². The topological polar surface area (TPSA) is 75.4 Å². The highest BCUT2D eigenvalue weighted by atomic mass is 35.5. The Bertz CT molecular complexity index is 466. The summed E-state index contributed by atoms with van der Waals surface area (Å²) in [6.45, 7) is 7.18. The van der Waals surface area contributed by atoms with Crippen molar-refractivity contribution in [3.05, 3.63) is 12.4 Å². The Kier molecular flexibility index (Phi) is 6.68. The van der Waals surface area contributed by atoms with Crippen LogP contribution in [-0.4, -0.2) is 47.0 Å². The first-order valence-electron chi connectivity index (χ1n) is 7.27. The van der Waals surface area contributed by atoms with Gasteiger partial charge in [0.05, 0.1) is 18.3 Å². The maximum Gasteiger partial charge on any atom is 0.227 e. The zero-order chi connectivity index (χ0) is 14.5. The van der Waals surface area contributed by atoms with Crippen molar-refractivity contribution >= 4 is 29.9 Å². The summed E-state index contributed by atoms with van der Waals surface area (Å²) in [7, 11) is 0. The summed E-state index contributed by atoms with van der Waals surface area (Å²) in [5, 5.41) is 0. The summed E-state index contributed by atoms with van der Waals surface area (Å²) in [6.07, 6.45) is 5.18. The van der Waals surface area contributed by atoms with Gasteiger partial charge in [-0.2, -0.15) is 0 Å². The van der Waals surface area contributed by atoms with Crippen LogP contribution in [-0.2, 0) is 4.79 Å². The van der Waals surface area contributed by atoms with Crippen LogP contribution in [0.4, 0.5) is 11.6 Å². The van der Waals surface area contributed by atoms with E-state index in [0.717, 1.165) is 38.3 Å². The first-order chi connectivity index (χ1) is 9.65. The normalized spacial score (nSPS) is 18.0. The third-order valence-corrected chi connectivity index (χ3v) is 3.81. The van der Waals surface area contributed by atoms with Crippen LogP contribution in [0.1, 0.15) is 26.7 Å². The zero-order valence-electron chi connectivity index (χ0n) is 12.7. The number of hydrogen-bond acceptors (Lipinski definition) is 5. The van der Waals surface area contributed by atoms with Crippen molar-refractivity contribution in [3.8, 4) is 0 Å². The molecule has 6 nitrogen and oxygen atoms in total. The van der Waals surface area contributed by atoms with E-state index in [1.807, 2.05) is 18.7 Å². The lowest BCUT2D eigenvalue weighted by Crippen LogP contribution is -2.45. The van der Waals surface area contributed by atoms with Crippen LogP contribution < -0.4 is 10.6 Å². The summed E-state index contributed by atoms with van der Waals surface area (Å²) in [4.78, 5) is 24.8. The number of nitrogens with zero attached hydrogens (tertiary/aromatic N) is 4. The van der Waals surface area contributed by atoms with Crippen LogP contribution in [0.25, 0.3) is 0 Å². The predicted molar refractivity (Wildman–Crippen MR) is 86.6 cm³/mol. The molecule has 2 heterocycles. The molecule has 1 aromatic rings. The van der Waals surface area contributed by atoms with Gasteiger partial charge in [-0.15, -0.1) is 12.4 Å². The summed E-state index contributed by atoms with van der Waals surface area (Å²) in [6, 6.07) is 0. The fraction of sp³-hybridized carbons (Fsp3) is 0.643. The third-order valence-electron chi connectivity index (χ3n) is 3.81. The summed E-state index contributed by atoms with van der Waals surface area (Å²) >= 11 is 0. The Labute approximate surface area is 132 Å². The fourth-order valence-corrected chi connectivity index (χ4v) is 2.70. The average molecular weight is 314 g/mol. The molecule has 1 amide bonds. The molecule has 2 rings (SSSR count). The Morgan fingerprint density at radius 2 is 2.14 bits per heavy atom. The molecule has 21 heavy (non-hydrogen) atoms. The fourth-order valence-electron chi connectivity index (χ4n) is 2.70. The summed E-state index contributed by atoms with van der Waals surface area (Å²) in [5.74, 6) is 1.48. The molecule has 1 unspecified atom stereocenters. The van der Waals surface area contributed by atoms with Gasteiger partial charge < -0.3 is 15.5 Å². The van der Waals surface area contributed by atoms with Crippen LogP contribution >= 0.6 is 12.4 Å². The van der Waals surface area contributed by atoms with Gasteiger partial charge >= 0.3 is 0 Å². The number of amides is 1. The molecule has 1 saturated heterocycles. The molecule has 1 aromatic heterocycles. The van der Waals surface area contributed by atoms with E-state index < -0.39 is 0 Å². The zero-order valence-corrected chi connectivity index (χ0v) is 13.5.